The Kier molecular flexibility index (Phi) is 5.14. The van der Waals surface area contributed by atoms with Gasteiger partial charge in [0.1, 0.15) is 5.75 Å². The van der Waals surface area contributed by atoms with Gasteiger partial charge in [-0.15, -0.1) is 0 Å². The molecule has 20 heavy (non-hydrogen) atoms. The maximum Gasteiger partial charge on any atom is 0.387 e. The second kappa shape index (κ2) is 6.85. The molecule has 4 nitrogen and oxygen atoms in total. The Balaban J connectivity index is 2.03. The molecule has 0 spiro atoms. The van der Waals surface area contributed by atoms with Gasteiger partial charge in [-0.3, -0.25) is 4.79 Å². The first kappa shape index (κ1) is 15.0. The lowest BCUT2D eigenvalue weighted by Crippen LogP contribution is -2.47. The zero-order chi connectivity index (χ0) is 14.5. The summed E-state index contributed by atoms with van der Waals surface area (Å²) in [5.41, 5.74) is 0.496. The first-order valence-electron chi connectivity index (χ1n) is 6.30. The molecule has 1 aromatic carbocycles. The minimum atomic E-state index is -2.90. The van der Waals surface area contributed by atoms with E-state index in [-0.39, 0.29) is 24.2 Å². The molecule has 1 saturated heterocycles. The van der Waals surface area contributed by atoms with Crippen LogP contribution in [-0.2, 0) is 11.3 Å². The number of rotatable bonds is 5. The Bertz CT molecular complexity index is 485. The number of carbonyl (C=O) groups excluding carboxylic acids is 1. The van der Waals surface area contributed by atoms with Crippen molar-refractivity contribution in [2.24, 2.45) is 0 Å². The summed E-state index contributed by atoms with van der Waals surface area (Å²) in [5, 5.41) is 6.21. The molecule has 0 aromatic heterocycles. The topological polar surface area (TPSA) is 50.4 Å². The van der Waals surface area contributed by atoms with Crippen molar-refractivity contribution >= 4 is 17.5 Å². The van der Waals surface area contributed by atoms with Gasteiger partial charge < -0.3 is 15.4 Å². The number of ether oxygens (including phenoxy) is 1. The SMILES string of the molecule is O=C1NCCCC1NCc1cc(Cl)ccc1OC(F)F. The van der Waals surface area contributed by atoms with E-state index in [9.17, 15) is 13.6 Å². The average Bonchev–Trinajstić information content (AvgIpc) is 2.40. The van der Waals surface area contributed by atoms with Gasteiger partial charge in [0.15, 0.2) is 0 Å². The molecular weight excluding hydrogens is 290 g/mol. The van der Waals surface area contributed by atoms with Gasteiger partial charge in [-0.05, 0) is 31.0 Å². The summed E-state index contributed by atoms with van der Waals surface area (Å²) in [6, 6.07) is 4.11. The van der Waals surface area contributed by atoms with Crippen molar-refractivity contribution in [2.75, 3.05) is 6.54 Å². The Labute approximate surface area is 120 Å². The normalized spacial score (nSPS) is 19.0. The molecule has 0 radical (unpaired) electrons. The van der Waals surface area contributed by atoms with Crippen LogP contribution < -0.4 is 15.4 Å². The van der Waals surface area contributed by atoms with Gasteiger partial charge in [-0.25, -0.2) is 0 Å². The largest absolute Gasteiger partial charge is 0.434 e. The van der Waals surface area contributed by atoms with Crippen LogP contribution >= 0.6 is 11.6 Å². The highest BCUT2D eigenvalue weighted by Gasteiger charge is 2.21. The smallest absolute Gasteiger partial charge is 0.387 e. The van der Waals surface area contributed by atoms with Gasteiger partial charge >= 0.3 is 6.61 Å². The van der Waals surface area contributed by atoms with Gasteiger partial charge in [0, 0.05) is 23.7 Å². The van der Waals surface area contributed by atoms with Gasteiger partial charge in [0.2, 0.25) is 5.91 Å². The molecule has 2 N–H and O–H groups in total. The number of hydrogen-bond donors (Lipinski definition) is 2. The second-order valence-corrected chi connectivity index (χ2v) is 4.93. The lowest BCUT2D eigenvalue weighted by atomic mass is 10.1. The summed E-state index contributed by atoms with van der Waals surface area (Å²) in [4.78, 5) is 11.6. The molecule has 7 heteroatoms. The average molecular weight is 305 g/mol. The molecule has 0 saturated carbocycles. The van der Waals surface area contributed by atoms with E-state index in [2.05, 4.69) is 15.4 Å². The molecule has 0 bridgehead atoms. The third-order valence-electron chi connectivity index (χ3n) is 3.06. The summed E-state index contributed by atoms with van der Waals surface area (Å²) >= 11 is 5.85. The van der Waals surface area contributed by atoms with Gasteiger partial charge in [0.25, 0.3) is 0 Å². The highest BCUT2D eigenvalue weighted by molar-refractivity contribution is 6.30. The molecule has 1 aliphatic rings. The molecular formula is C13H15ClF2N2O2. The van der Waals surface area contributed by atoms with Crippen molar-refractivity contribution in [1.29, 1.82) is 0 Å². The number of benzene rings is 1. The molecule has 1 aromatic rings. The van der Waals surface area contributed by atoms with E-state index in [1.165, 1.54) is 12.1 Å². The van der Waals surface area contributed by atoms with Crippen LogP contribution in [0.5, 0.6) is 5.75 Å². The fourth-order valence-electron chi connectivity index (χ4n) is 2.10. The molecule has 110 valence electrons. The van der Waals surface area contributed by atoms with Crippen molar-refractivity contribution in [2.45, 2.75) is 32.0 Å². The lowest BCUT2D eigenvalue weighted by Gasteiger charge is -2.23. The van der Waals surface area contributed by atoms with Crippen molar-refractivity contribution < 1.29 is 18.3 Å². The zero-order valence-electron chi connectivity index (χ0n) is 10.7. The third kappa shape index (κ3) is 4.05. The maximum atomic E-state index is 12.3. The molecule has 1 aliphatic heterocycles. The highest BCUT2D eigenvalue weighted by atomic mass is 35.5. The number of piperidine rings is 1. The zero-order valence-corrected chi connectivity index (χ0v) is 11.4. The summed E-state index contributed by atoms with van der Waals surface area (Å²) in [5.74, 6) is -0.0114. The summed E-state index contributed by atoms with van der Waals surface area (Å²) in [6.45, 7) is -1.98. The fourth-order valence-corrected chi connectivity index (χ4v) is 2.29. The van der Waals surface area contributed by atoms with Crippen LogP contribution in [0, 0.1) is 0 Å². The molecule has 1 unspecified atom stereocenters. The van der Waals surface area contributed by atoms with Crippen LogP contribution in [0.1, 0.15) is 18.4 Å². The molecule has 2 rings (SSSR count). The van der Waals surface area contributed by atoms with E-state index in [1.54, 1.807) is 6.07 Å². The van der Waals surface area contributed by atoms with E-state index in [4.69, 9.17) is 11.6 Å². The Morgan fingerprint density at radius 1 is 1.50 bits per heavy atom. The van der Waals surface area contributed by atoms with Crippen LogP contribution in [0.3, 0.4) is 0 Å². The monoisotopic (exact) mass is 304 g/mol. The number of hydrogen-bond acceptors (Lipinski definition) is 3. The number of amides is 1. The van der Waals surface area contributed by atoms with Crippen molar-refractivity contribution in [3.8, 4) is 5.75 Å². The molecule has 1 amide bonds. The summed E-state index contributed by atoms with van der Waals surface area (Å²) in [7, 11) is 0. The van der Waals surface area contributed by atoms with E-state index in [1.807, 2.05) is 0 Å². The van der Waals surface area contributed by atoms with Gasteiger partial charge in [-0.2, -0.15) is 8.78 Å². The molecule has 1 fully saturated rings. The van der Waals surface area contributed by atoms with E-state index >= 15 is 0 Å². The predicted octanol–water partition coefficient (Wildman–Crippen LogP) is 2.31. The molecule has 1 atom stereocenters. The summed E-state index contributed by atoms with van der Waals surface area (Å²) in [6.07, 6.45) is 1.61. The number of alkyl halides is 2. The molecule has 1 heterocycles. The van der Waals surface area contributed by atoms with Crippen LogP contribution in [-0.4, -0.2) is 25.1 Å². The first-order valence-corrected chi connectivity index (χ1v) is 6.68. The van der Waals surface area contributed by atoms with Crippen molar-refractivity contribution in [3.05, 3.63) is 28.8 Å². The maximum absolute atomic E-state index is 12.3. The first-order chi connectivity index (χ1) is 9.56. The van der Waals surface area contributed by atoms with Gasteiger partial charge in [0.05, 0.1) is 6.04 Å². The minimum Gasteiger partial charge on any atom is -0.434 e. The van der Waals surface area contributed by atoms with Crippen LogP contribution in [0.4, 0.5) is 8.78 Å². The van der Waals surface area contributed by atoms with Crippen molar-refractivity contribution in [3.63, 3.8) is 0 Å². The highest BCUT2D eigenvalue weighted by Crippen LogP contribution is 2.24. The number of carbonyl (C=O) groups is 1. The van der Waals surface area contributed by atoms with E-state index < -0.39 is 6.61 Å². The number of halogens is 3. The lowest BCUT2D eigenvalue weighted by molar-refractivity contribution is -0.124. The Morgan fingerprint density at radius 2 is 2.30 bits per heavy atom. The van der Waals surface area contributed by atoms with Gasteiger partial charge in [-0.1, -0.05) is 11.6 Å². The molecule has 0 aliphatic carbocycles. The minimum absolute atomic E-state index is 0.0631. The Hall–Kier alpha value is -1.40. The standard InChI is InChI=1S/C13H15ClF2N2O2/c14-9-3-4-11(20-13(15)16)8(6-9)7-18-10-2-1-5-17-12(10)19/h3-4,6,10,13,18H,1-2,5,7H2,(H,17,19). The quantitative estimate of drug-likeness (QED) is 0.877. The van der Waals surface area contributed by atoms with Crippen molar-refractivity contribution in [1.82, 2.24) is 10.6 Å². The third-order valence-corrected chi connectivity index (χ3v) is 3.30. The predicted molar refractivity (Wildman–Crippen MR) is 71.0 cm³/mol. The summed E-state index contributed by atoms with van der Waals surface area (Å²) < 4.78 is 29.1. The Morgan fingerprint density at radius 3 is 3.00 bits per heavy atom. The van der Waals surface area contributed by atoms with Crippen LogP contribution in [0.25, 0.3) is 0 Å². The van der Waals surface area contributed by atoms with E-state index in [0.717, 1.165) is 12.8 Å². The van der Waals surface area contributed by atoms with E-state index in [0.29, 0.717) is 17.1 Å². The second-order valence-electron chi connectivity index (χ2n) is 4.50. The fraction of sp³-hybridized carbons (Fsp3) is 0.462. The van der Waals surface area contributed by atoms with Crippen LogP contribution in [0.15, 0.2) is 18.2 Å². The van der Waals surface area contributed by atoms with Crippen LogP contribution in [0.2, 0.25) is 5.02 Å². The number of nitrogens with one attached hydrogen (secondary N) is 2.